The number of hydrogen-bond acceptors (Lipinski definition) is 7. The number of aromatic nitrogens is 1. The first-order chi connectivity index (χ1) is 15.6. The quantitative estimate of drug-likeness (QED) is 0.469. The Labute approximate surface area is 202 Å². The number of amides is 1. The highest BCUT2D eigenvalue weighted by Crippen LogP contribution is 2.36. The molecule has 1 aliphatic heterocycles. The molecular weight excluding hydrogens is 484 g/mol. The van der Waals surface area contributed by atoms with E-state index in [9.17, 15) is 13.2 Å². The van der Waals surface area contributed by atoms with Crippen LogP contribution in [0.3, 0.4) is 0 Å². The third-order valence-corrected chi connectivity index (χ3v) is 8.60. The summed E-state index contributed by atoms with van der Waals surface area (Å²) in [6, 6.07) is 3.43. The summed E-state index contributed by atoms with van der Waals surface area (Å²) in [4.78, 5) is 15.5. The minimum absolute atomic E-state index is 0.0666. The molecule has 1 fully saturated rings. The molecule has 11 heteroatoms. The molecule has 2 aromatic heterocycles. The number of anilines is 3. The fraction of sp³-hybridized carbons (Fsp3) is 0.364. The van der Waals surface area contributed by atoms with Gasteiger partial charge in [-0.1, -0.05) is 22.8 Å². The van der Waals surface area contributed by atoms with Crippen molar-refractivity contribution >= 4 is 56.1 Å². The third-order valence-electron chi connectivity index (χ3n) is 5.73. The van der Waals surface area contributed by atoms with E-state index in [4.69, 9.17) is 16.1 Å². The predicted octanol–water partition coefficient (Wildman–Crippen LogP) is 5.28. The first-order valence-electron chi connectivity index (χ1n) is 10.5. The Morgan fingerprint density at radius 3 is 2.52 bits per heavy atom. The van der Waals surface area contributed by atoms with Gasteiger partial charge in [0.05, 0.1) is 0 Å². The van der Waals surface area contributed by atoms with Crippen molar-refractivity contribution in [3.05, 3.63) is 49.8 Å². The summed E-state index contributed by atoms with van der Waals surface area (Å²) in [5, 5.41) is 8.23. The minimum atomic E-state index is -4.12. The van der Waals surface area contributed by atoms with Crippen LogP contribution in [0.4, 0.5) is 17.3 Å². The first-order valence-corrected chi connectivity index (χ1v) is 13.2. The molecule has 0 saturated carbocycles. The largest absolute Gasteiger partial charge is 0.371 e. The van der Waals surface area contributed by atoms with Crippen molar-refractivity contribution in [1.82, 2.24) is 5.16 Å². The lowest BCUT2D eigenvalue weighted by atomic mass is 10.0. The summed E-state index contributed by atoms with van der Waals surface area (Å²) in [6.07, 6.45) is 2.29. The summed E-state index contributed by atoms with van der Waals surface area (Å²) in [5.74, 6) is -0.681. The smallest absolute Gasteiger partial charge is 0.267 e. The highest BCUT2D eigenvalue weighted by Gasteiger charge is 2.28. The molecule has 33 heavy (non-hydrogen) atoms. The maximum atomic E-state index is 13.2. The molecule has 1 amide bonds. The number of rotatable bonds is 6. The summed E-state index contributed by atoms with van der Waals surface area (Å²) in [6.45, 7) is 9.57. The molecule has 176 valence electrons. The Bertz CT molecular complexity index is 1320. The molecule has 1 aromatic carbocycles. The van der Waals surface area contributed by atoms with E-state index in [1.807, 2.05) is 13.8 Å². The van der Waals surface area contributed by atoms with Crippen LogP contribution in [-0.2, 0) is 10.0 Å². The molecule has 2 N–H and O–H groups in total. The molecule has 1 saturated heterocycles. The third kappa shape index (κ3) is 4.47. The number of nitrogens with one attached hydrogen (secondary N) is 2. The molecule has 0 bridgehead atoms. The highest BCUT2D eigenvalue weighted by molar-refractivity contribution is 7.93. The van der Waals surface area contributed by atoms with Crippen LogP contribution in [0.25, 0.3) is 0 Å². The lowest BCUT2D eigenvalue weighted by Gasteiger charge is -2.26. The second-order valence-corrected chi connectivity index (χ2v) is 11.1. The molecule has 0 aliphatic carbocycles. The van der Waals surface area contributed by atoms with Gasteiger partial charge in [0.1, 0.15) is 20.5 Å². The zero-order chi connectivity index (χ0) is 23.9. The number of aryl methyl sites for hydroxylation is 3. The normalized spacial score (nSPS) is 14.0. The van der Waals surface area contributed by atoms with Crippen LogP contribution in [0, 0.1) is 27.7 Å². The highest BCUT2D eigenvalue weighted by atomic mass is 35.5. The van der Waals surface area contributed by atoms with Crippen molar-refractivity contribution in [1.29, 1.82) is 0 Å². The van der Waals surface area contributed by atoms with Crippen molar-refractivity contribution in [2.24, 2.45) is 0 Å². The van der Waals surface area contributed by atoms with Gasteiger partial charge in [-0.05, 0) is 68.7 Å². The summed E-state index contributed by atoms with van der Waals surface area (Å²) >= 11 is 7.09. The maximum absolute atomic E-state index is 13.2. The second kappa shape index (κ2) is 9.00. The van der Waals surface area contributed by atoms with Crippen molar-refractivity contribution < 1.29 is 17.7 Å². The molecule has 3 aromatic rings. The van der Waals surface area contributed by atoms with Gasteiger partial charge in [-0.2, -0.15) is 0 Å². The van der Waals surface area contributed by atoms with E-state index in [2.05, 4.69) is 33.1 Å². The number of halogens is 1. The Hall–Kier alpha value is -2.56. The van der Waals surface area contributed by atoms with E-state index >= 15 is 0 Å². The number of carbonyl (C=O) groups excluding carboxylic acids is 1. The van der Waals surface area contributed by atoms with Gasteiger partial charge in [-0.15, -0.1) is 11.3 Å². The van der Waals surface area contributed by atoms with Crippen molar-refractivity contribution in [2.75, 3.05) is 28.0 Å². The van der Waals surface area contributed by atoms with E-state index in [0.717, 1.165) is 59.6 Å². The number of hydrogen-bond donors (Lipinski definition) is 2. The predicted molar refractivity (Wildman–Crippen MR) is 131 cm³/mol. The van der Waals surface area contributed by atoms with E-state index in [1.165, 1.54) is 6.07 Å². The lowest BCUT2D eigenvalue weighted by molar-refractivity contribution is 0.102. The van der Waals surface area contributed by atoms with Gasteiger partial charge in [0.25, 0.3) is 21.8 Å². The number of thiophene rings is 1. The zero-order valence-electron chi connectivity index (χ0n) is 18.8. The number of nitrogens with zero attached hydrogens (tertiary/aromatic N) is 2. The fourth-order valence-electron chi connectivity index (χ4n) is 4.24. The Kier molecular flexibility index (Phi) is 6.43. The molecule has 3 heterocycles. The van der Waals surface area contributed by atoms with Gasteiger partial charge < -0.3 is 14.7 Å². The second-order valence-electron chi connectivity index (χ2n) is 8.14. The van der Waals surface area contributed by atoms with Crippen LogP contribution >= 0.6 is 22.9 Å². The summed E-state index contributed by atoms with van der Waals surface area (Å²) < 4.78 is 33.2. The summed E-state index contributed by atoms with van der Waals surface area (Å²) in [5.41, 5.74) is 5.25. The van der Waals surface area contributed by atoms with E-state index in [0.29, 0.717) is 11.4 Å². The molecule has 0 unspecified atom stereocenters. The van der Waals surface area contributed by atoms with Crippen molar-refractivity contribution in [3.8, 4) is 0 Å². The van der Waals surface area contributed by atoms with Crippen LogP contribution in [0.2, 0.25) is 5.02 Å². The molecule has 0 radical (unpaired) electrons. The molecule has 0 atom stereocenters. The number of carbonyl (C=O) groups is 1. The van der Waals surface area contributed by atoms with Gasteiger partial charge in [-0.3, -0.25) is 4.79 Å². The van der Waals surface area contributed by atoms with Crippen molar-refractivity contribution in [2.45, 2.75) is 45.4 Å². The molecule has 4 rings (SSSR count). The Morgan fingerprint density at radius 2 is 1.88 bits per heavy atom. The monoisotopic (exact) mass is 508 g/mol. The van der Waals surface area contributed by atoms with Crippen LogP contribution in [-0.4, -0.2) is 32.6 Å². The number of sulfonamides is 1. The van der Waals surface area contributed by atoms with Crippen molar-refractivity contribution in [3.63, 3.8) is 0 Å². The minimum Gasteiger partial charge on any atom is -0.371 e. The van der Waals surface area contributed by atoms with E-state index in [1.54, 1.807) is 12.3 Å². The Balaban J connectivity index is 1.64. The van der Waals surface area contributed by atoms with Crippen LogP contribution in [0.1, 0.15) is 44.9 Å². The van der Waals surface area contributed by atoms with Crippen LogP contribution in [0.5, 0.6) is 0 Å². The zero-order valence-corrected chi connectivity index (χ0v) is 21.2. The van der Waals surface area contributed by atoms with Gasteiger partial charge >= 0.3 is 0 Å². The molecule has 8 nitrogen and oxygen atoms in total. The van der Waals surface area contributed by atoms with Gasteiger partial charge in [-0.25, -0.2) is 13.1 Å². The van der Waals surface area contributed by atoms with Gasteiger partial charge in [0, 0.05) is 24.5 Å². The maximum Gasteiger partial charge on any atom is 0.267 e. The van der Waals surface area contributed by atoms with E-state index in [-0.39, 0.29) is 20.7 Å². The number of benzene rings is 1. The molecule has 0 spiro atoms. The molecular formula is C22H25ClN4O4S2. The van der Waals surface area contributed by atoms with Gasteiger partial charge in [0.2, 0.25) is 0 Å². The SMILES string of the molecule is Cc1cc(C)c(N2CCCC2)c(C)c1NC(=O)c1sccc1S(=O)(=O)Nc1onc(C)c1Cl. The average Bonchev–Trinajstić information content (AvgIpc) is 3.50. The Morgan fingerprint density at radius 1 is 1.18 bits per heavy atom. The standard InChI is InChI=1S/C22H25ClN4O4S2/c1-12-11-13(2)19(27-8-5-6-9-27)14(3)18(12)24-21(28)20-16(7-10-32-20)33(29,30)26-22-17(23)15(4)25-31-22/h7,10-11,26H,5-6,8-9H2,1-4H3,(H,24,28). The van der Waals surface area contributed by atoms with Gasteiger partial charge in [0.15, 0.2) is 0 Å². The first kappa shape index (κ1) is 23.6. The van der Waals surface area contributed by atoms with E-state index < -0.39 is 15.9 Å². The summed E-state index contributed by atoms with van der Waals surface area (Å²) in [7, 11) is -4.12. The molecule has 1 aliphatic rings. The van der Waals surface area contributed by atoms with Crippen LogP contribution < -0.4 is 14.9 Å². The fourth-order valence-corrected chi connectivity index (χ4v) is 6.73. The average molecular weight is 509 g/mol. The topological polar surface area (TPSA) is 105 Å². The lowest BCUT2D eigenvalue weighted by Crippen LogP contribution is -2.22. The van der Waals surface area contributed by atoms with Crippen LogP contribution in [0.15, 0.2) is 26.9 Å².